The topological polar surface area (TPSA) is 66.8 Å². The molecule has 19 heavy (non-hydrogen) atoms. The zero-order valence-electron chi connectivity index (χ0n) is 10.8. The number of carboxylic acid groups (broad SMARTS) is 1. The smallest absolute Gasteiger partial charge is 0.337 e. The number of hydrogen-bond donors (Lipinski definition) is 1. The van der Waals surface area contributed by atoms with Crippen molar-refractivity contribution in [3.63, 3.8) is 0 Å². The molecule has 5 nitrogen and oxygen atoms in total. The second-order valence-corrected chi connectivity index (χ2v) is 4.75. The van der Waals surface area contributed by atoms with Crippen molar-refractivity contribution in [2.24, 2.45) is 5.92 Å². The number of aliphatic carboxylic acids is 1. The van der Waals surface area contributed by atoms with Gasteiger partial charge in [-0.1, -0.05) is 12.1 Å². The number of ether oxygens (including phenoxy) is 1. The molecule has 1 aliphatic rings. The number of nitrogens with zero attached hydrogens (tertiary/aromatic N) is 1. The van der Waals surface area contributed by atoms with Crippen molar-refractivity contribution in [2.45, 2.75) is 13.0 Å². The van der Waals surface area contributed by atoms with Crippen LogP contribution in [0.5, 0.6) is 0 Å². The Bertz CT molecular complexity index is 469. The number of esters is 1. The Morgan fingerprint density at radius 3 is 2.58 bits per heavy atom. The van der Waals surface area contributed by atoms with Crippen molar-refractivity contribution in [3.05, 3.63) is 35.4 Å². The van der Waals surface area contributed by atoms with Crippen LogP contribution in [0.4, 0.5) is 0 Å². The summed E-state index contributed by atoms with van der Waals surface area (Å²) >= 11 is 0. The molecular weight excluding hydrogens is 246 g/mol. The molecule has 1 unspecified atom stereocenters. The van der Waals surface area contributed by atoms with E-state index < -0.39 is 5.97 Å². The van der Waals surface area contributed by atoms with Gasteiger partial charge in [0.2, 0.25) is 0 Å². The molecule has 1 aromatic carbocycles. The molecule has 1 saturated heterocycles. The lowest BCUT2D eigenvalue weighted by atomic mass is 10.1. The quantitative estimate of drug-likeness (QED) is 0.831. The molecule has 5 heteroatoms. The van der Waals surface area contributed by atoms with Gasteiger partial charge in [0.15, 0.2) is 0 Å². The van der Waals surface area contributed by atoms with Crippen molar-refractivity contribution in [2.75, 3.05) is 20.2 Å². The maximum absolute atomic E-state index is 11.3. The highest BCUT2D eigenvalue weighted by Gasteiger charge is 2.27. The summed E-state index contributed by atoms with van der Waals surface area (Å²) in [6.07, 6.45) is 0.704. The van der Waals surface area contributed by atoms with Gasteiger partial charge in [-0.25, -0.2) is 4.79 Å². The Hall–Kier alpha value is -1.88. The normalized spacial score (nSPS) is 19.3. The van der Waals surface area contributed by atoms with E-state index in [0.717, 1.165) is 12.1 Å². The fraction of sp³-hybridized carbons (Fsp3) is 0.429. The van der Waals surface area contributed by atoms with Crippen LogP contribution in [-0.2, 0) is 16.1 Å². The molecule has 102 valence electrons. The van der Waals surface area contributed by atoms with Gasteiger partial charge in [-0.05, 0) is 30.7 Å². The van der Waals surface area contributed by atoms with Gasteiger partial charge in [-0.15, -0.1) is 0 Å². The molecule has 1 heterocycles. The first-order chi connectivity index (χ1) is 9.10. The molecule has 0 spiro atoms. The fourth-order valence-corrected chi connectivity index (χ4v) is 2.30. The van der Waals surface area contributed by atoms with Crippen LogP contribution in [0.1, 0.15) is 22.3 Å². The number of carbonyl (C=O) groups is 2. The number of likely N-dealkylation sites (tertiary alicyclic amines) is 1. The number of rotatable bonds is 4. The number of hydrogen-bond acceptors (Lipinski definition) is 4. The van der Waals surface area contributed by atoms with E-state index in [1.165, 1.54) is 7.11 Å². The maximum Gasteiger partial charge on any atom is 0.337 e. The Morgan fingerprint density at radius 1 is 1.37 bits per heavy atom. The van der Waals surface area contributed by atoms with Gasteiger partial charge in [0.1, 0.15) is 0 Å². The SMILES string of the molecule is COC(=O)c1ccc(CN2CCC(C(=O)O)C2)cc1. The molecule has 1 N–H and O–H groups in total. The third-order valence-electron chi connectivity index (χ3n) is 3.40. The molecule has 1 aromatic rings. The Balaban J connectivity index is 1.93. The summed E-state index contributed by atoms with van der Waals surface area (Å²) < 4.78 is 4.64. The molecule has 2 rings (SSSR count). The highest BCUT2D eigenvalue weighted by Crippen LogP contribution is 2.19. The predicted molar refractivity (Wildman–Crippen MR) is 68.8 cm³/mol. The van der Waals surface area contributed by atoms with Gasteiger partial charge < -0.3 is 9.84 Å². The third-order valence-corrected chi connectivity index (χ3v) is 3.40. The fourth-order valence-electron chi connectivity index (χ4n) is 2.30. The van der Waals surface area contributed by atoms with E-state index in [9.17, 15) is 9.59 Å². The van der Waals surface area contributed by atoms with Crippen LogP contribution in [0.25, 0.3) is 0 Å². The molecule has 1 atom stereocenters. The van der Waals surface area contributed by atoms with Crippen molar-refractivity contribution < 1.29 is 19.4 Å². The highest BCUT2D eigenvalue weighted by molar-refractivity contribution is 5.89. The zero-order valence-corrected chi connectivity index (χ0v) is 10.8. The van der Waals surface area contributed by atoms with Crippen LogP contribution < -0.4 is 0 Å². The molecule has 1 aliphatic heterocycles. The third kappa shape index (κ3) is 3.32. The first kappa shape index (κ1) is 13.5. The second-order valence-electron chi connectivity index (χ2n) is 4.75. The number of carboxylic acids is 1. The second kappa shape index (κ2) is 5.84. The van der Waals surface area contributed by atoms with Gasteiger partial charge in [0, 0.05) is 13.1 Å². The minimum Gasteiger partial charge on any atom is -0.481 e. The lowest BCUT2D eigenvalue weighted by molar-refractivity contribution is -0.141. The average Bonchev–Trinajstić information content (AvgIpc) is 2.87. The van der Waals surface area contributed by atoms with Gasteiger partial charge in [-0.3, -0.25) is 9.69 Å². The number of methoxy groups -OCH3 is 1. The van der Waals surface area contributed by atoms with Crippen molar-refractivity contribution in [3.8, 4) is 0 Å². The number of carbonyl (C=O) groups excluding carboxylic acids is 1. The van der Waals surface area contributed by atoms with E-state index >= 15 is 0 Å². The van der Waals surface area contributed by atoms with Crippen LogP contribution in [0.15, 0.2) is 24.3 Å². The van der Waals surface area contributed by atoms with E-state index in [1.54, 1.807) is 12.1 Å². The average molecular weight is 263 g/mol. The minimum absolute atomic E-state index is 0.255. The summed E-state index contributed by atoms with van der Waals surface area (Å²) in [6.45, 7) is 2.11. The predicted octanol–water partition coefficient (Wildman–Crippen LogP) is 1.38. The van der Waals surface area contributed by atoms with Gasteiger partial charge >= 0.3 is 11.9 Å². The first-order valence-electron chi connectivity index (χ1n) is 6.22. The van der Waals surface area contributed by atoms with E-state index in [-0.39, 0.29) is 11.9 Å². The van der Waals surface area contributed by atoms with Gasteiger partial charge in [0.05, 0.1) is 18.6 Å². The van der Waals surface area contributed by atoms with Gasteiger partial charge in [-0.2, -0.15) is 0 Å². The molecule has 0 saturated carbocycles. The van der Waals surface area contributed by atoms with Crippen LogP contribution in [0.2, 0.25) is 0 Å². The summed E-state index contributed by atoms with van der Waals surface area (Å²) in [5.41, 5.74) is 1.59. The van der Waals surface area contributed by atoms with E-state index in [0.29, 0.717) is 25.1 Å². The molecule has 1 fully saturated rings. The van der Waals surface area contributed by atoms with E-state index in [4.69, 9.17) is 5.11 Å². The Kier molecular flexibility index (Phi) is 4.16. The summed E-state index contributed by atoms with van der Waals surface area (Å²) in [6, 6.07) is 7.21. The summed E-state index contributed by atoms with van der Waals surface area (Å²) in [5.74, 6) is -1.32. The lowest BCUT2D eigenvalue weighted by Gasteiger charge is -2.15. The van der Waals surface area contributed by atoms with Gasteiger partial charge in [0.25, 0.3) is 0 Å². The molecule has 0 aromatic heterocycles. The van der Waals surface area contributed by atoms with Crippen LogP contribution in [-0.4, -0.2) is 42.1 Å². The first-order valence-corrected chi connectivity index (χ1v) is 6.22. The molecular formula is C14H17NO4. The highest BCUT2D eigenvalue weighted by atomic mass is 16.5. The van der Waals surface area contributed by atoms with Crippen LogP contribution >= 0.6 is 0 Å². The van der Waals surface area contributed by atoms with Crippen LogP contribution in [0, 0.1) is 5.92 Å². The Morgan fingerprint density at radius 2 is 2.05 bits per heavy atom. The summed E-state index contributed by atoms with van der Waals surface area (Å²) in [5, 5.41) is 8.94. The molecule has 0 radical (unpaired) electrons. The number of benzene rings is 1. The summed E-state index contributed by atoms with van der Waals surface area (Å²) in [4.78, 5) is 24.3. The largest absolute Gasteiger partial charge is 0.481 e. The van der Waals surface area contributed by atoms with Crippen molar-refractivity contribution in [1.29, 1.82) is 0 Å². The monoisotopic (exact) mass is 263 g/mol. The maximum atomic E-state index is 11.3. The van der Waals surface area contributed by atoms with Crippen molar-refractivity contribution in [1.82, 2.24) is 4.90 Å². The molecule has 0 amide bonds. The summed E-state index contributed by atoms with van der Waals surface area (Å²) in [7, 11) is 1.35. The van der Waals surface area contributed by atoms with Crippen molar-refractivity contribution >= 4 is 11.9 Å². The van der Waals surface area contributed by atoms with E-state index in [1.807, 2.05) is 12.1 Å². The molecule has 0 bridgehead atoms. The minimum atomic E-state index is -0.719. The standard InChI is InChI=1S/C14H17NO4/c1-19-14(18)11-4-2-10(3-5-11)8-15-7-6-12(9-15)13(16)17/h2-5,12H,6-9H2,1H3,(H,16,17). The van der Waals surface area contributed by atoms with Crippen LogP contribution in [0.3, 0.4) is 0 Å². The zero-order chi connectivity index (χ0) is 13.8. The van der Waals surface area contributed by atoms with E-state index in [2.05, 4.69) is 9.64 Å². The Labute approximate surface area is 111 Å². The molecule has 0 aliphatic carbocycles. The lowest BCUT2D eigenvalue weighted by Crippen LogP contribution is -2.22.